The third-order valence-corrected chi connectivity index (χ3v) is 5.66. The second kappa shape index (κ2) is 8.15. The molecule has 1 aliphatic carbocycles. The number of fused-ring (bicyclic) bond motifs is 3. The summed E-state index contributed by atoms with van der Waals surface area (Å²) in [6.45, 7) is 1.14. The van der Waals surface area contributed by atoms with Crippen molar-refractivity contribution in [3.63, 3.8) is 0 Å². The minimum Gasteiger partial charge on any atom is -0.493 e. The molecule has 2 aromatic carbocycles. The number of hydrogen-bond donors (Lipinski definition) is 1. The average molecular weight is 381 g/mol. The largest absolute Gasteiger partial charge is 0.493 e. The van der Waals surface area contributed by atoms with Crippen LogP contribution in [0.15, 0.2) is 48.6 Å². The third-order valence-electron chi connectivity index (χ3n) is 5.66. The van der Waals surface area contributed by atoms with Crippen LogP contribution >= 0.6 is 0 Å². The zero-order valence-corrected chi connectivity index (χ0v) is 16.6. The molecule has 2 aliphatic rings. The van der Waals surface area contributed by atoms with Gasteiger partial charge in [-0.25, -0.2) is 0 Å². The number of allylic oxidation sites excluding steroid dienone is 2. The minimum absolute atomic E-state index is 0.215. The van der Waals surface area contributed by atoms with Crippen LogP contribution in [-0.4, -0.2) is 34.5 Å². The van der Waals surface area contributed by atoms with E-state index in [0.29, 0.717) is 25.0 Å². The van der Waals surface area contributed by atoms with Gasteiger partial charge in [0.05, 0.1) is 26.9 Å². The number of anilines is 1. The number of nitrogens with one attached hydrogen (secondary N) is 1. The Balaban J connectivity index is 1.64. The number of rotatable bonds is 7. The number of benzene rings is 2. The molecule has 1 aliphatic heterocycles. The first-order chi connectivity index (χ1) is 13.7. The van der Waals surface area contributed by atoms with Crippen LogP contribution in [0.5, 0.6) is 17.2 Å². The van der Waals surface area contributed by atoms with Crippen molar-refractivity contribution in [3.8, 4) is 17.2 Å². The first-order valence-electron chi connectivity index (χ1n) is 9.66. The van der Waals surface area contributed by atoms with Gasteiger partial charge < -0.3 is 24.3 Å². The summed E-state index contributed by atoms with van der Waals surface area (Å²) in [7, 11) is 5.02. The van der Waals surface area contributed by atoms with Gasteiger partial charge in [0.25, 0.3) is 0 Å². The van der Waals surface area contributed by atoms with Crippen molar-refractivity contribution in [3.05, 3.63) is 59.7 Å². The molecule has 0 amide bonds. The fourth-order valence-corrected chi connectivity index (χ4v) is 4.28. The van der Waals surface area contributed by atoms with Crippen LogP contribution in [0.2, 0.25) is 0 Å². The maximum absolute atomic E-state index is 5.82. The topological polar surface area (TPSA) is 49.0 Å². The lowest BCUT2D eigenvalue weighted by Crippen LogP contribution is -2.29. The zero-order chi connectivity index (χ0) is 19.5. The van der Waals surface area contributed by atoms with Gasteiger partial charge in [0.15, 0.2) is 11.5 Å². The van der Waals surface area contributed by atoms with E-state index in [1.54, 1.807) is 21.3 Å². The highest BCUT2D eigenvalue weighted by molar-refractivity contribution is 5.62. The maximum Gasteiger partial charge on any atom is 0.161 e. The first-order valence-corrected chi connectivity index (χ1v) is 9.66. The molecule has 28 heavy (non-hydrogen) atoms. The lowest BCUT2D eigenvalue weighted by Gasteiger charge is -2.37. The van der Waals surface area contributed by atoms with E-state index >= 15 is 0 Å². The summed E-state index contributed by atoms with van der Waals surface area (Å²) in [6, 6.07) is 12.7. The third kappa shape index (κ3) is 3.42. The van der Waals surface area contributed by atoms with E-state index in [1.165, 1.54) is 11.1 Å². The summed E-state index contributed by atoms with van der Waals surface area (Å²) in [5, 5.41) is 3.75. The summed E-state index contributed by atoms with van der Waals surface area (Å²) < 4.78 is 21.8. The van der Waals surface area contributed by atoms with E-state index in [1.807, 2.05) is 12.1 Å². The van der Waals surface area contributed by atoms with Gasteiger partial charge in [-0.1, -0.05) is 18.2 Å². The normalized spacial score (nSPS) is 22.2. The molecule has 5 heteroatoms. The molecular weight excluding hydrogens is 354 g/mol. The highest BCUT2D eigenvalue weighted by Gasteiger charge is 2.38. The second-order valence-electron chi connectivity index (χ2n) is 7.18. The van der Waals surface area contributed by atoms with Crippen molar-refractivity contribution in [2.75, 3.05) is 39.9 Å². The van der Waals surface area contributed by atoms with Gasteiger partial charge in [0.2, 0.25) is 0 Å². The minimum atomic E-state index is 0.215. The molecular formula is C23H27NO4. The van der Waals surface area contributed by atoms with Crippen LogP contribution in [0.3, 0.4) is 0 Å². The smallest absolute Gasteiger partial charge is 0.161 e. The van der Waals surface area contributed by atoms with E-state index in [2.05, 4.69) is 41.7 Å². The molecule has 2 aromatic rings. The average Bonchev–Trinajstić information content (AvgIpc) is 3.23. The standard InChI is InChI=1S/C23H27NO4/c1-25-11-12-28-16-8-9-20-19(14-16)17-5-4-6-18(17)23(24-20)15-7-10-21(26-2)22(13-15)27-3/h4-5,7-10,13-14,17-18,23-24H,6,11-12H2,1-3H3. The Hall–Kier alpha value is -2.66. The van der Waals surface area contributed by atoms with Crippen molar-refractivity contribution in [1.29, 1.82) is 0 Å². The molecule has 0 aromatic heterocycles. The molecule has 148 valence electrons. The van der Waals surface area contributed by atoms with E-state index in [4.69, 9.17) is 18.9 Å². The van der Waals surface area contributed by atoms with E-state index in [-0.39, 0.29) is 6.04 Å². The molecule has 4 rings (SSSR count). The molecule has 0 radical (unpaired) electrons. The van der Waals surface area contributed by atoms with Gasteiger partial charge in [0.1, 0.15) is 12.4 Å². The molecule has 0 saturated heterocycles. The molecule has 0 spiro atoms. The van der Waals surface area contributed by atoms with Gasteiger partial charge in [-0.2, -0.15) is 0 Å². The van der Waals surface area contributed by atoms with Crippen molar-refractivity contribution >= 4 is 5.69 Å². The fraction of sp³-hybridized carbons (Fsp3) is 0.391. The monoisotopic (exact) mass is 381 g/mol. The Morgan fingerprint density at radius 2 is 1.82 bits per heavy atom. The number of hydrogen-bond acceptors (Lipinski definition) is 5. The van der Waals surface area contributed by atoms with Crippen molar-refractivity contribution in [2.45, 2.75) is 18.4 Å². The Labute approximate surface area is 166 Å². The Bertz CT molecular complexity index is 864. The summed E-state index contributed by atoms with van der Waals surface area (Å²) >= 11 is 0. The molecule has 1 heterocycles. The molecule has 3 atom stereocenters. The summed E-state index contributed by atoms with van der Waals surface area (Å²) in [6.07, 6.45) is 5.67. The molecule has 0 fully saturated rings. The van der Waals surface area contributed by atoms with Crippen LogP contribution in [0.25, 0.3) is 0 Å². The van der Waals surface area contributed by atoms with Gasteiger partial charge in [-0.15, -0.1) is 0 Å². The predicted octanol–water partition coefficient (Wildman–Crippen LogP) is 4.56. The van der Waals surface area contributed by atoms with Crippen LogP contribution < -0.4 is 19.5 Å². The lowest BCUT2D eigenvalue weighted by atomic mass is 9.77. The van der Waals surface area contributed by atoms with Crippen LogP contribution in [0.4, 0.5) is 5.69 Å². The summed E-state index contributed by atoms with van der Waals surface area (Å²) in [5.41, 5.74) is 3.67. The predicted molar refractivity (Wildman–Crippen MR) is 110 cm³/mol. The van der Waals surface area contributed by atoms with Gasteiger partial charge in [0, 0.05) is 18.7 Å². The summed E-state index contributed by atoms with van der Waals surface area (Å²) in [4.78, 5) is 0. The van der Waals surface area contributed by atoms with Crippen LogP contribution in [0, 0.1) is 5.92 Å². The molecule has 3 unspecified atom stereocenters. The van der Waals surface area contributed by atoms with Gasteiger partial charge in [-0.05, 0) is 53.8 Å². The second-order valence-corrected chi connectivity index (χ2v) is 7.18. The van der Waals surface area contributed by atoms with Crippen LogP contribution in [-0.2, 0) is 4.74 Å². The van der Waals surface area contributed by atoms with Crippen molar-refractivity contribution < 1.29 is 18.9 Å². The van der Waals surface area contributed by atoms with Gasteiger partial charge in [-0.3, -0.25) is 0 Å². The number of methoxy groups -OCH3 is 3. The van der Waals surface area contributed by atoms with E-state index in [0.717, 1.165) is 29.4 Å². The molecule has 1 N–H and O–H groups in total. The quantitative estimate of drug-likeness (QED) is 0.563. The zero-order valence-electron chi connectivity index (χ0n) is 16.6. The lowest BCUT2D eigenvalue weighted by molar-refractivity contribution is 0.146. The highest BCUT2D eigenvalue weighted by atomic mass is 16.5. The Morgan fingerprint density at radius 1 is 0.964 bits per heavy atom. The van der Waals surface area contributed by atoms with Crippen molar-refractivity contribution in [2.24, 2.45) is 5.92 Å². The van der Waals surface area contributed by atoms with Gasteiger partial charge >= 0.3 is 0 Å². The summed E-state index contributed by atoms with van der Waals surface area (Å²) in [5.74, 6) is 3.24. The fourth-order valence-electron chi connectivity index (χ4n) is 4.28. The van der Waals surface area contributed by atoms with Crippen LogP contribution in [0.1, 0.15) is 29.5 Å². The molecule has 5 nitrogen and oxygen atoms in total. The first kappa shape index (κ1) is 18.7. The van der Waals surface area contributed by atoms with E-state index < -0.39 is 0 Å². The van der Waals surface area contributed by atoms with E-state index in [9.17, 15) is 0 Å². The molecule has 0 saturated carbocycles. The Kier molecular flexibility index (Phi) is 5.44. The molecule has 0 bridgehead atoms. The van der Waals surface area contributed by atoms with Crippen molar-refractivity contribution in [1.82, 2.24) is 0 Å². The SMILES string of the molecule is COCCOc1ccc2c(c1)C1C=CCC1C(c1ccc(OC)c(OC)c1)N2. The highest BCUT2D eigenvalue weighted by Crippen LogP contribution is 2.51. The Morgan fingerprint density at radius 3 is 2.61 bits per heavy atom. The number of ether oxygens (including phenoxy) is 4. The maximum atomic E-state index is 5.82.